The molecule has 0 bridgehead atoms. The third-order valence-corrected chi connectivity index (χ3v) is 4.06. The lowest BCUT2D eigenvalue weighted by atomic mass is 10.1. The van der Waals surface area contributed by atoms with Crippen LogP contribution in [0.2, 0.25) is 10.0 Å². The summed E-state index contributed by atoms with van der Waals surface area (Å²) in [5.74, 6) is -0.950. The molecule has 1 fully saturated rings. The summed E-state index contributed by atoms with van der Waals surface area (Å²) in [7, 11) is 0. The van der Waals surface area contributed by atoms with E-state index in [0.29, 0.717) is 30.3 Å². The van der Waals surface area contributed by atoms with Crippen LogP contribution in [0.3, 0.4) is 0 Å². The van der Waals surface area contributed by atoms with Crippen LogP contribution in [0.15, 0.2) is 12.1 Å². The number of rotatable bonds is 3. The predicted molar refractivity (Wildman–Crippen MR) is 75.3 cm³/mol. The van der Waals surface area contributed by atoms with E-state index in [1.807, 2.05) is 4.90 Å². The minimum atomic E-state index is -0.547. The Morgan fingerprint density at radius 1 is 1.50 bits per heavy atom. The maximum absolute atomic E-state index is 13.6. The van der Waals surface area contributed by atoms with E-state index in [9.17, 15) is 9.18 Å². The second-order valence-corrected chi connectivity index (χ2v) is 5.53. The molecule has 1 aliphatic rings. The van der Waals surface area contributed by atoms with E-state index in [1.54, 1.807) is 6.92 Å². The first-order valence-electron chi connectivity index (χ1n) is 6.19. The van der Waals surface area contributed by atoms with E-state index < -0.39 is 23.9 Å². The summed E-state index contributed by atoms with van der Waals surface area (Å²) < 4.78 is 19.2. The first-order valence-corrected chi connectivity index (χ1v) is 6.95. The number of morpholine rings is 1. The molecule has 2 N–H and O–H groups in total. The van der Waals surface area contributed by atoms with Crippen LogP contribution < -0.4 is 5.73 Å². The van der Waals surface area contributed by atoms with Gasteiger partial charge in [-0.1, -0.05) is 23.2 Å². The molecule has 1 heterocycles. The van der Waals surface area contributed by atoms with Crippen LogP contribution in [0.25, 0.3) is 0 Å². The zero-order valence-corrected chi connectivity index (χ0v) is 12.4. The molecule has 1 aromatic carbocycles. The first-order chi connectivity index (χ1) is 9.40. The number of nitrogens with zero attached hydrogens (tertiary/aromatic N) is 1. The highest BCUT2D eigenvalue weighted by molar-refractivity contribution is 6.35. The number of hydrogen-bond acceptors (Lipinski definition) is 3. The lowest BCUT2D eigenvalue weighted by Gasteiger charge is -2.36. The average molecular weight is 321 g/mol. The van der Waals surface area contributed by atoms with Gasteiger partial charge in [0.2, 0.25) is 5.91 Å². The van der Waals surface area contributed by atoms with Crippen LogP contribution in [-0.2, 0) is 9.53 Å². The molecule has 7 heteroatoms. The van der Waals surface area contributed by atoms with Crippen LogP contribution in [-0.4, -0.2) is 36.5 Å². The molecule has 0 aromatic heterocycles. The first kappa shape index (κ1) is 15.5. The van der Waals surface area contributed by atoms with Crippen molar-refractivity contribution in [2.24, 2.45) is 5.73 Å². The molecule has 0 saturated carbocycles. The molecule has 0 radical (unpaired) electrons. The molecule has 1 aliphatic heterocycles. The predicted octanol–water partition coefficient (Wildman–Crippen LogP) is 2.38. The summed E-state index contributed by atoms with van der Waals surface area (Å²) in [5, 5.41) is 0.312. The maximum atomic E-state index is 13.6. The molecular weight excluding hydrogens is 306 g/mol. The molecule has 2 rings (SSSR count). The zero-order chi connectivity index (χ0) is 14.9. The number of halogens is 3. The van der Waals surface area contributed by atoms with Gasteiger partial charge < -0.3 is 10.5 Å². The molecule has 4 nitrogen and oxygen atoms in total. The minimum absolute atomic E-state index is 0.0306. The Morgan fingerprint density at radius 2 is 2.20 bits per heavy atom. The topological polar surface area (TPSA) is 55.6 Å². The van der Waals surface area contributed by atoms with Crippen LogP contribution in [0.5, 0.6) is 0 Å². The second-order valence-electron chi connectivity index (χ2n) is 4.72. The van der Waals surface area contributed by atoms with Gasteiger partial charge in [-0.05, 0) is 19.1 Å². The number of nitrogens with two attached hydrogens (primary N) is 1. The Balaban J connectivity index is 2.21. The fourth-order valence-corrected chi connectivity index (χ4v) is 2.68. The van der Waals surface area contributed by atoms with E-state index >= 15 is 0 Å². The lowest BCUT2D eigenvalue weighted by molar-refractivity contribution is -0.126. The van der Waals surface area contributed by atoms with Gasteiger partial charge in [0.25, 0.3) is 0 Å². The third-order valence-electron chi connectivity index (χ3n) is 3.44. The number of hydrogen-bond donors (Lipinski definition) is 1. The van der Waals surface area contributed by atoms with Crippen molar-refractivity contribution in [3.63, 3.8) is 0 Å². The Morgan fingerprint density at radius 3 is 2.85 bits per heavy atom. The van der Waals surface area contributed by atoms with Gasteiger partial charge >= 0.3 is 0 Å². The average Bonchev–Trinajstić information content (AvgIpc) is 2.42. The highest BCUT2D eigenvalue weighted by Crippen LogP contribution is 2.32. The van der Waals surface area contributed by atoms with E-state index in [1.165, 1.54) is 12.1 Å². The quantitative estimate of drug-likeness (QED) is 0.870. The number of carbonyl (C=O) groups is 1. The minimum Gasteiger partial charge on any atom is -0.371 e. The van der Waals surface area contributed by atoms with Gasteiger partial charge in [0.15, 0.2) is 0 Å². The number of primary amides is 1. The Labute approximate surface area is 126 Å². The van der Waals surface area contributed by atoms with Crippen molar-refractivity contribution in [1.29, 1.82) is 0 Å². The Bertz CT molecular complexity index is 527. The smallest absolute Gasteiger partial charge is 0.234 e. The monoisotopic (exact) mass is 320 g/mol. The summed E-state index contributed by atoms with van der Waals surface area (Å²) in [4.78, 5) is 13.1. The van der Waals surface area contributed by atoms with Crippen LogP contribution in [0, 0.1) is 5.82 Å². The van der Waals surface area contributed by atoms with Crippen molar-refractivity contribution >= 4 is 29.1 Å². The van der Waals surface area contributed by atoms with E-state index in [0.717, 1.165) is 0 Å². The summed E-state index contributed by atoms with van der Waals surface area (Å²) in [6.45, 7) is 3.16. The van der Waals surface area contributed by atoms with E-state index in [4.69, 9.17) is 33.7 Å². The van der Waals surface area contributed by atoms with E-state index in [2.05, 4.69) is 0 Å². The molecule has 1 saturated heterocycles. The maximum Gasteiger partial charge on any atom is 0.234 e. The highest BCUT2D eigenvalue weighted by atomic mass is 35.5. The van der Waals surface area contributed by atoms with Crippen molar-refractivity contribution in [2.45, 2.75) is 19.1 Å². The summed E-state index contributed by atoms with van der Waals surface area (Å²) >= 11 is 11.8. The fraction of sp³-hybridized carbons (Fsp3) is 0.462. The molecule has 1 amide bonds. The summed E-state index contributed by atoms with van der Waals surface area (Å²) in [6.07, 6.45) is -0.412. The SMILES string of the molecule is C[C@@H](C(N)=O)N1CCO[C@@H](c2cc(F)c(Cl)cc2Cl)C1. The largest absolute Gasteiger partial charge is 0.371 e. The number of ether oxygens (including phenoxy) is 1. The number of amides is 1. The van der Waals surface area contributed by atoms with Gasteiger partial charge in [0.1, 0.15) is 5.82 Å². The van der Waals surface area contributed by atoms with Gasteiger partial charge in [-0.25, -0.2) is 4.39 Å². The summed E-state index contributed by atoms with van der Waals surface area (Å²) in [6, 6.07) is 2.22. The van der Waals surface area contributed by atoms with Crippen molar-refractivity contribution in [1.82, 2.24) is 4.90 Å². The normalized spacial score (nSPS) is 21.7. The fourth-order valence-electron chi connectivity index (χ4n) is 2.17. The Hall–Kier alpha value is -0.880. The van der Waals surface area contributed by atoms with Crippen molar-refractivity contribution in [3.8, 4) is 0 Å². The number of benzene rings is 1. The summed E-state index contributed by atoms with van der Waals surface area (Å²) in [5.41, 5.74) is 5.82. The van der Waals surface area contributed by atoms with Crippen LogP contribution in [0.1, 0.15) is 18.6 Å². The Kier molecular flexibility index (Phi) is 4.86. The van der Waals surface area contributed by atoms with Gasteiger partial charge in [-0.2, -0.15) is 0 Å². The molecule has 2 atom stereocenters. The lowest BCUT2D eigenvalue weighted by Crippen LogP contribution is -2.49. The van der Waals surface area contributed by atoms with Gasteiger partial charge in [-0.15, -0.1) is 0 Å². The van der Waals surface area contributed by atoms with Crippen molar-refractivity contribution in [2.75, 3.05) is 19.7 Å². The second kappa shape index (κ2) is 6.26. The standard InChI is InChI=1S/C13H15Cl2FN2O2/c1-7(13(17)19)18-2-3-20-12(6-18)8-4-11(16)10(15)5-9(8)14/h4-5,7,12H,2-3,6H2,1H3,(H2,17,19)/t7-,12+/m0/s1. The highest BCUT2D eigenvalue weighted by Gasteiger charge is 2.29. The molecule has 110 valence electrons. The molecule has 0 aliphatic carbocycles. The van der Waals surface area contributed by atoms with Crippen LogP contribution >= 0.6 is 23.2 Å². The number of carbonyl (C=O) groups excluding carboxylic acids is 1. The molecule has 0 unspecified atom stereocenters. The van der Waals surface area contributed by atoms with Crippen molar-refractivity contribution < 1.29 is 13.9 Å². The molecular formula is C13H15Cl2FN2O2. The van der Waals surface area contributed by atoms with Crippen molar-refractivity contribution in [3.05, 3.63) is 33.6 Å². The van der Waals surface area contributed by atoms with Gasteiger partial charge in [0.05, 0.1) is 23.8 Å². The molecule has 0 spiro atoms. The third kappa shape index (κ3) is 3.23. The van der Waals surface area contributed by atoms with Gasteiger partial charge in [0, 0.05) is 23.7 Å². The molecule has 1 aromatic rings. The molecule has 20 heavy (non-hydrogen) atoms. The zero-order valence-electron chi connectivity index (χ0n) is 10.9. The van der Waals surface area contributed by atoms with E-state index in [-0.39, 0.29) is 5.02 Å². The van der Waals surface area contributed by atoms with Gasteiger partial charge in [-0.3, -0.25) is 9.69 Å². The van der Waals surface area contributed by atoms with Crippen LogP contribution in [0.4, 0.5) is 4.39 Å².